The quantitative estimate of drug-likeness (QED) is 0.654. The minimum atomic E-state index is -0.539. The van der Waals surface area contributed by atoms with Gasteiger partial charge in [-0.25, -0.2) is 9.78 Å². The lowest BCUT2D eigenvalue weighted by Crippen LogP contribution is -2.38. The molecule has 5 nitrogen and oxygen atoms in total. The first-order valence-electron chi connectivity index (χ1n) is 9.37. The van der Waals surface area contributed by atoms with E-state index in [9.17, 15) is 9.59 Å². The molecule has 144 valence electrons. The number of fused-ring (bicyclic) bond motifs is 1. The van der Waals surface area contributed by atoms with Gasteiger partial charge < -0.3 is 10.1 Å². The van der Waals surface area contributed by atoms with E-state index < -0.39 is 5.97 Å². The van der Waals surface area contributed by atoms with Gasteiger partial charge in [-0.1, -0.05) is 62.4 Å². The number of carbonyl (C=O) groups is 2. The van der Waals surface area contributed by atoms with E-state index in [2.05, 4.69) is 10.3 Å². The molecule has 5 heteroatoms. The molecule has 0 saturated heterocycles. The highest BCUT2D eigenvalue weighted by Crippen LogP contribution is 2.25. The van der Waals surface area contributed by atoms with Gasteiger partial charge in [0.15, 0.2) is 6.61 Å². The van der Waals surface area contributed by atoms with Crippen molar-refractivity contribution in [1.29, 1.82) is 0 Å². The maximum absolute atomic E-state index is 12.7. The molecule has 1 aromatic heterocycles. The van der Waals surface area contributed by atoms with E-state index in [1.54, 1.807) is 6.07 Å². The molecule has 2 aromatic carbocycles. The van der Waals surface area contributed by atoms with Crippen molar-refractivity contribution in [2.24, 2.45) is 5.92 Å². The van der Waals surface area contributed by atoms with Crippen LogP contribution in [0.4, 0.5) is 0 Å². The van der Waals surface area contributed by atoms with E-state index in [0.29, 0.717) is 28.1 Å². The first kappa shape index (κ1) is 19.5. The maximum Gasteiger partial charge on any atom is 0.339 e. The molecular weight excluding hydrogens is 352 g/mol. The Morgan fingerprint density at radius 3 is 2.39 bits per heavy atom. The zero-order chi connectivity index (χ0) is 20.1. The summed E-state index contributed by atoms with van der Waals surface area (Å²) >= 11 is 0. The molecule has 0 aliphatic heterocycles. The van der Waals surface area contributed by atoms with Crippen molar-refractivity contribution in [3.05, 3.63) is 66.2 Å². The normalized spacial score (nSPS) is 12.0. The third-order valence-electron chi connectivity index (χ3n) is 4.73. The minimum Gasteiger partial charge on any atom is -0.452 e. The van der Waals surface area contributed by atoms with Crippen molar-refractivity contribution in [1.82, 2.24) is 10.3 Å². The van der Waals surface area contributed by atoms with Crippen LogP contribution in [0, 0.1) is 5.92 Å². The fraction of sp³-hybridized carbons (Fsp3) is 0.261. The molecule has 3 aromatic rings. The van der Waals surface area contributed by atoms with Crippen molar-refractivity contribution in [3.8, 4) is 11.3 Å². The summed E-state index contributed by atoms with van der Waals surface area (Å²) in [6.07, 6.45) is 0. The van der Waals surface area contributed by atoms with E-state index in [0.717, 1.165) is 5.56 Å². The third-order valence-corrected chi connectivity index (χ3v) is 4.73. The van der Waals surface area contributed by atoms with Crippen LogP contribution in [0.2, 0.25) is 0 Å². The van der Waals surface area contributed by atoms with Crippen LogP contribution in [0.15, 0.2) is 60.7 Å². The Kier molecular flexibility index (Phi) is 6.04. The average molecular weight is 376 g/mol. The highest BCUT2D eigenvalue weighted by atomic mass is 16.5. The Morgan fingerprint density at radius 2 is 1.68 bits per heavy atom. The summed E-state index contributed by atoms with van der Waals surface area (Å²) in [5.41, 5.74) is 2.69. The molecule has 0 spiro atoms. The van der Waals surface area contributed by atoms with Crippen LogP contribution in [0.1, 0.15) is 31.1 Å². The molecule has 0 radical (unpaired) electrons. The molecule has 3 rings (SSSR count). The van der Waals surface area contributed by atoms with Gasteiger partial charge in [-0.3, -0.25) is 4.79 Å². The number of hydrogen-bond acceptors (Lipinski definition) is 4. The number of benzene rings is 2. The largest absolute Gasteiger partial charge is 0.452 e. The van der Waals surface area contributed by atoms with Crippen LogP contribution >= 0.6 is 0 Å². The topological polar surface area (TPSA) is 68.3 Å². The Bertz CT molecular complexity index is 984. The molecule has 1 N–H and O–H groups in total. The molecule has 28 heavy (non-hydrogen) atoms. The van der Waals surface area contributed by atoms with Crippen molar-refractivity contribution < 1.29 is 14.3 Å². The van der Waals surface area contributed by atoms with E-state index >= 15 is 0 Å². The predicted molar refractivity (Wildman–Crippen MR) is 110 cm³/mol. The van der Waals surface area contributed by atoms with Gasteiger partial charge in [0.25, 0.3) is 5.91 Å². The van der Waals surface area contributed by atoms with Gasteiger partial charge in [-0.15, -0.1) is 0 Å². The molecule has 1 heterocycles. The second-order valence-electron chi connectivity index (χ2n) is 7.11. The zero-order valence-corrected chi connectivity index (χ0v) is 16.3. The number of esters is 1. The Hall–Kier alpha value is -3.21. The van der Waals surface area contributed by atoms with E-state index in [1.807, 2.05) is 75.4 Å². The molecular formula is C23H24N2O3. The number of carbonyl (C=O) groups excluding carboxylic acids is 2. The molecule has 1 amide bonds. The standard InChI is InChI=1S/C23H24N2O3/c1-15(2)16(3)24-22(26)14-28-23(27)19-13-21(17-9-5-4-6-10-17)25-20-12-8-7-11-18(19)20/h4-13,15-16H,14H2,1-3H3,(H,24,26)/t16-/m0/s1. The van der Waals surface area contributed by atoms with Gasteiger partial charge >= 0.3 is 5.97 Å². The molecule has 0 fully saturated rings. The first-order chi connectivity index (χ1) is 13.5. The van der Waals surface area contributed by atoms with E-state index in [4.69, 9.17) is 4.74 Å². The van der Waals surface area contributed by atoms with Gasteiger partial charge in [0, 0.05) is 17.0 Å². The highest BCUT2D eigenvalue weighted by molar-refractivity contribution is 6.05. The van der Waals surface area contributed by atoms with Crippen molar-refractivity contribution in [2.45, 2.75) is 26.8 Å². The zero-order valence-electron chi connectivity index (χ0n) is 16.3. The number of rotatable bonds is 6. The number of hydrogen-bond donors (Lipinski definition) is 1. The summed E-state index contributed by atoms with van der Waals surface area (Å²) in [6.45, 7) is 5.65. The Balaban J connectivity index is 1.85. The Morgan fingerprint density at radius 1 is 1.00 bits per heavy atom. The molecule has 1 atom stereocenters. The van der Waals surface area contributed by atoms with Crippen molar-refractivity contribution in [3.63, 3.8) is 0 Å². The number of nitrogens with one attached hydrogen (secondary N) is 1. The number of ether oxygens (including phenoxy) is 1. The van der Waals surface area contributed by atoms with Crippen LogP contribution in [0.25, 0.3) is 22.2 Å². The smallest absolute Gasteiger partial charge is 0.339 e. The predicted octanol–water partition coefficient (Wildman–Crippen LogP) is 4.22. The fourth-order valence-electron chi connectivity index (χ4n) is 2.77. The molecule has 0 aliphatic carbocycles. The van der Waals surface area contributed by atoms with Gasteiger partial charge in [-0.05, 0) is 25.0 Å². The summed E-state index contributed by atoms with van der Waals surface area (Å²) in [4.78, 5) is 29.4. The summed E-state index contributed by atoms with van der Waals surface area (Å²) in [6, 6.07) is 18.8. The van der Waals surface area contributed by atoms with Crippen LogP contribution < -0.4 is 5.32 Å². The van der Waals surface area contributed by atoms with Gasteiger partial charge in [-0.2, -0.15) is 0 Å². The van der Waals surface area contributed by atoms with Gasteiger partial charge in [0.1, 0.15) is 0 Å². The third kappa shape index (κ3) is 4.55. The summed E-state index contributed by atoms with van der Waals surface area (Å²) < 4.78 is 5.29. The van der Waals surface area contributed by atoms with Crippen molar-refractivity contribution in [2.75, 3.05) is 6.61 Å². The van der Waals surface area contributed by atoms with Gasteiger partial charge in [0.05, 0.1) is 16.8 Å². The number of pyridine rings is 1. The lowest BCUT2D eigenvalue weighted by atomic mass is 10.0. The minimum absolute atomic E-state index is 0.0117. The fourth-order valence-corrected chi connectivity index (χ4v) is 2.77. The Labute approximate surface area is 164 Å². The van der Waals surface area contributed by atoms with Gasteiger partial charge in [0.2, 0.25) is 0 Å². The molecule has 0 saturated carbocycles. The van der Waals surface area contributed by atoms with Crippen LogP contribution in [-0.4, -0.2) is 29.5 Å². The van der Waals surface area contributed by atoms with E-state index in [1.165, 1.54) is 0 Å². The molecule has 0 bridgehead atoms. The number of nitrogens with zero attached hydrogens (tertiary/aromatic N) is 1. The lowest BCUT2D eigenvalue weighted by molar-refractivity contribution is -0.125. The summed E-state index contributed by atoms with van der Waals surface area (Å²) in [5, 5.41) is 3.53. The summed E-state index contributed by atoms with van der Waals surface area (Å²) in [7, 11) is 0. The van der Waals surface area contributed by atoms with Crippen LogP contribution in [-0.2, 0) is 9.53 Å². The monoisotopic (exact) mass is 376 g/mol. The molecule has 0 unspecified atom stereocenters. The number of aromatic nitrogens is 1. The first-order valence-corrected chi connectivity index (χ1v) is 9.37. The van der Waals surface area contributed by atoms with E-state index in [-0.39, 0.29) is 18.6 Å². The lowest BCUT2D eigenvalue weighted by Gasteiger charge is -2.17. The SMILES string of the molecule is CC(C)[C@H](C)NC(=O)COC(=O)c1cc(-c2ccccc2)nc2ccccc12. The second-order valence-corrected chi connectivity index (χ2v) is 7.11. The van der Waals surface area contributed by atoms with Crippen molar-refractivity contribution >= 4 is 22.8 Å². The molecule has 0 aliphatic rings. The highest BCUT2D eigenvalue weighted by Gasteiger charge is 2.17. The second kappa shape index (κ2) is 8.65. The summed E-state index contributed by atoms with van der Waals surface area (Å²) in [5.74, 6) is -0.545. The number of para-hydroxylation sites is 1. The van der Waals surface area contributed by atoms with Crippen LogP contribution in [0.5, 0.6) is 0 Å². The average Bonchev–Trinajstić information content (AvgIpc) is 2.71. The maximum atomic E-state index is 12.7. The van der Waals surface area contributed by atoms with Crippen LogP contribution in [0.3, 0.4) is 0 Å². The number of amides is 1.